The molecule has 0 aromatic heterocycles. The van der Waals surface area contributed by atoms with E-state index in [0.717, 1.165) is 36.4 Å². The zero-order valence-electron chi connectivity index (χ0n) is 14.4. The Morgan fingerprint density at radius 1 is 1.38 bits per heavy atom. The highest BCUT2D eigenvalue weighted by molar-refractivity contribution is 5.79. The lowest BCUT2D eigenvalue weighted by atomic mass is 9.92. The van der Waals surface area contributed by atoms with Crippen LogP contribution in [0.3, 0.4) is 0 Å². The fourth-order valence-electron chi connectivity index (χ4n) is 3.34. The summed E-state index contributed by atoms with van der Waals surface area (Å²) in [6, 6.07) is 6.25. The molecular weight excluding hydrogens is 308 g/mol. The maximum atomic E-state index is 13.0. The minimum Gasteiger partial charge on any atom is -0.454 e. The van der Waals surface area contributed by atoms with Crippen molar-refractivity contribution in [1.82, 2.24) is 10.2 Å². The predicted molar refractivity (Wildman–Crippen MR) is 90.0 cm³/mol. The SMILES string of the molecule is COCCN(Cc1ccc2c(c1)OCO2)C(=O)[C@H]1CCN[C@@H](C)C1. The van der Waals surface area contributed by atoms with E-state index in [1.807, 2.05) is 23.1 Å². The van der Waals surface area contributed by atoms with Crippen molar-refractivity contribution in [3.8, 4) is 11.5 Å². The van der Waals surface area contributed by atoms with Gasteiger partial charge in [0.1, 0.15) is 0 Å². The molecule has 2 aliphatic heterocycles. The maximum absolute atomic E-state index is 13.0. The van der Waals surface area contributed by atoms with Crippen molar-refractivity contribution in [1.29, 1.82) is 0 Å². The molecule has 1 fully saturated rings. The first kappa shape index (κ1) is 17.0. The number of fused-ring (bicyclic) bond motifs is 1. The molecule has 6 nitrogen and oxygen atoms in total. The minimum atomic E-state index is 0.0899. The van der Waals surface area contributed by atoms with E-state index < -0.39 is 0 Å². The Morgan fingerprint density at radius 3 is 3.00 bits per heavy atom. The van der Waals surface area contributed by atoms with E-state index in [0.29, 0.717) is 25.7 Å². The van der Waals surface area contributed by atoms with Crippen LogP contribution in [0.5, 0.6) is 11.5 Å². The van der Waals surface area contributed by atoms with Gasteiger partial charge < -0.3 is 24.4 Å². The summed E-state index contributed by atoms with van der Waals surface area (Å²) in [7, 11) is 1.66. The average molecular weight is 334 g/mol. The number of carbonyl (C=O) groups excluding carboxylic acids is 1. The van der Waals surface area contributed by atoms with Crippen LogP contribution in [-0.2, 0) is 16.1 Å². The number of rotatable bonds is 6. The van der Waals surface area contributed by atoms with Crippen LogP contribution in [0.1, 0.15) is 25.3 Å². The summed E-state index contributed by atoms with van der Waals surface area (Å²) in [6.07, 6.45) is 1.79. The Hall–Kier alpha value is -1.79. The Kier molecular flexibility index (Phi) is 5.58. The number of piperidine rings is 1. The molecular formula is C18H26N2O4. The van der Waals surface area contributed by atoms with E-state index >= 15 is 0 Å². The number of ether oxygens (including phenoxy) is 3. The highest BCUT2D eigenvalue weighted by Crippen LogP contribution is 2.33. The molecule has 0 saturated carbocycles. The zero-order valence-corrected chi connectivity index (χ0v) is 14.4. The number of methoxy groups -OCH3 is 1. The first-order valence-corrected chi connectivity index (χ1v) is 8.57. The second-order valence-electron chi connectivity index (χ2n) is 6.52. The van der Waals surface area contributed by atoms with Gasteiger partial charge in [-0.15, -0.1) is 0 Å². The molecule has 2 heterocycles. The van der Waals surface area contributed by atoms with Crippen LogP contribution in [0.15, 0.2) is 18.2 Å². The third kappa shape index (κ3) is 3.99. The van der Waals surface area contributed by atoms with Crippen molar-refractivity contribution in [2.75, 3.05) is 33.6 Å². The maximum Gasteiger partial charge on any atom is 0.231 e. The van der Waals surface area contributed by atoms with Gasteiger partial charge in [0.25, 0.3) is 0 Å². The van der Waals surface area contributed by atoms with Gasteiger partial charge in [-0.2, -0.15) is 0 Å². The van der Waals surface area contributed by atoms with Crippen LogP contribution in [0.25, 0.3) is 0 Å². The Labute approximate surface area is 143 Å². The first-order chi connectivity index (χ1) is 11.7. The van der Waals surface area contributed by atoms with Gasteiger partial charge in [-0.25, -0.2) is 0 Å². The van der Waals surface area contributed by atoms with Crippen molar-refractivity contribution in [3.63, 3.8) is 0 Å². The molecule has 1 amide bonds. The Morgan fingerprint density at radius 2 is 2.21 bits per heavy atom. The fourth-order valence-corrected chi connectivity index (χ4v) is 3.34. The second-order valence-corrected chi connectivity index (χ2v) is 6.52. The molecule has 1 saturated heterocycles. The quantitative estimate of drug-likeness (QED) is 0.859. The summed E-state index contributed by atoms with van der Waals surface area (Å²) in [5.74, 6) is 1.83. The Balaban J connectivity index is 1.69. The van der Waals surface area contributed by atoms with E-state index in [4.69, 9.17) is 14.2 Å². The van der Waals surface area contributed by atoms with Crippen LogP contribution in [0, 0.1) is 5.92 Å². The third-order valence-electron chi connectivity index (χ3n) is 4.66. The summed E-state index contributed by atoms with van der Waals surface area (Å²) in [6.45, 7) is 5.00. The van der Waals surface area contributed by atoms with Crippen LogP contribution in [-0.4, -0.2) is 50.4 Å². The smallest absolute Gasteiger partial charge is 0.231 e. The molecule has 0 radical (unpaired) electrons. The van der Waals surface area contributed by atoms with Gasteiger partial charge >= 0.3 is 0 Å². The molecule has 2 aliphatic rings. The minimum absolute atomic E-state index is 0.0899. The van der Waals surface area contributed by atoms with E-state index in [1.54, 1.807) is 7.11 Å². The molecule has 24 heavy (non-hydrogen) atoms. The summed E-state index contributed by atoms with van der Waals surface area (Å²) < 4.78 is 16.0. The van der Waals surface area contributed by atoms with Crippen molar-refractivity contribution >= 4 is 5.91 Å². The van der Waals surface area contributed by atoms with Gasteiger partial charge in [0, 0.05) is 32.2 Å². The topological polar surface area (TPSA) is 60.0 Å². The normalized spacial score (nSPS) is 22.4. The van der Waals surface area contributed by atoms with Crippen LogP contribution in [0.2, 0.25) is 0 Å². The van der Waals surface area contributed by atoms with Crippen LogP contribution < -0.4 is 14.8 Å². The molecule has 6 heteroatoms. The molecule has 132 valence electrons. The number of nitrogens with one attached hydrogen (secondary N) is 1. The van der Waals surface area contributed by atoms with Crippen LogP contribution in [0.4, 0.5) is 0 Å². The largest absolute Gasteiger partial charge is 0.454 e. The number of hydrogen-bond donors (Lipinski definition) is 1. The number of hydrogen-bond acceptors (Lipinski definition) is 5. The van der Waals surface area contributed by atoms with Gasteiger partial charge in [-0.05, 0) is 44.0 Å². The molecule has 1 aromatic rings. The average Bonchev–Trinajstić information content (AvgIpc) is 3.05. The van der Waals surface area contributed by atoms with Crippen molar-refractivity contribution in [2.24, 2.45) is 5.92 Å². The van der Waals surface area contributed by atoms with Gasteiger partial charge in [0.15, 0.2) is 11.5 Å². The lowest BCUT2D eigenvalue weighted by molar-refractivity contribution is -0.138. The van der Waals surface area contributed by atoms with Crippen molar-refractivity contribution in [2.45, 2.75) is 32.4 Å². The highest BCUT2D eigenvalue weighted by Gasteiger charge is 2.28. The molecule has 2 atom stereocenters. The highest BCUT2D eigenvalue weighted by atomic mass is 16.7. The zero-order chi connectivity index (χ0) is 16.9. The molecule has 0 unspecified atom stereocenters. The summed E-state index contributed by atoms with van der Waals surface area (Å²) >= 11 is 0. The predicted octanol–water partition coefficient (Wildman–Crippen LogP) is 1.78. The molecule has 1 aromatic carbocycles. The third-order valence-corrected chi connectivity index (χ3v) is 4.66. The standard InChI is InChI=1S/C18H26N2O4/c1-13-9-15(5-6-19-13)18(21)20(7-8-22-2)11-14-3-4-16-17(10-14)24-12-23-16/h3-4,10,13,15,19H,5-9,11-12H2,1-2H3/t13-,15-/m0/s1. The lowest BCUT2D eigenvalue weighted by Crippen LogP contribution is -2.44. The number of benzene rings is 1. The van der Waals surface area contributed by atoms with Gasteiger partial charge in [0.05, 0.1) is 6.61 Å². The summed E-state index contributed by atoms with van der Waals surface area (Å²) in [5.41, 5.74) is 1.05. The van der Waals surface area contributed by atoms with E-state index in [2.05, 4.69) is 12.2 Å². The fraction of sp³-hybridized carbons (Fsp3) is 0.611. The van der Waals surface area contributed by atoms with Crippen molar-refractivity contribution in [3.05, 3.63) is 23.8 Å². The number of amides is 1. The van der Waals surface area contributed by atoms with E-state index in [9.17, 15) is 4.79 Å². The first-order valence-electron chi connectivity index (χ1n) is 8.57. The van der Waals surface area contributed by atoms with E-state index in [1.165, 1.54) is 0 Å². The van der Waals surface area contributed by atoms with Gasteiger partial charge in [-0.1, -0.05) is 6.07 Å². The molecule has 1 N–H and O–H groups in total. The van der Waals surface area contributed by atoms with Gasteiger partial charge in [-0.3, -0.25) is 4.79 Å². The molecule has 0 bridgehead atoms. The monoisotopic (exact) mass is 334 g/mol. The number of carbonyl (C=O) groups is 1. The second kappa shape index (κ2) is 7.85. The lowest BCUT2D eigenvalue weighted by Gasteiger charge is -2.32. The van der Waals surface area contributed by atoms with Gasteiger partial charge in [0.2, 0.25) is 12.7 Å². The number of nitrogens with zero attached hydrogens (tertiary/aromatic N) is 1. The van der Waals surface area contributed by atoms with Crippen molar-refractivity contribution < 1.29 is 19.0 Å². The molecule has 0 spiro atoms. The molecule has 0 aliphatic carbocycles. The summed E-state index contributed by atoms with van der Waals surface area (Å²) in [4.78, 5) is 14.9. The van der Waals surface area contributed by atoms with E-state index in [-0.39, 0.29) is 18.6 Å². The summed E-state index contributed by atoms with van der Waals surface area (Å²) in [5, 5.41) is 3.40. The Bertz CT molecular complexity index is 578. The molecule has 3 rings (SSSR count). The van der Waals surface area contributed by atoms with Crippen LogP contribution >= 0.6 is 0 Å².